The van der Waals surface area contributed by atoms with Crippen LogP contribution < -0.4 is 10.0 Å². The second-order valence-corrected chi connectivity index (χ2v) is 2.48. The van der Waals surface area contributed by atoms with Crippen molar-refractivity contribution in [3.8, 4) is 0 Å². The molecule has 2 N–H and O–H groups in total. The number of carbonyl (C=O) groups excluding carboxylic acids is 1. The Bertz CT molecular complexity index is 159. The van der Waals surface area contributed by atoms with Crippen LogP contribution in [-0.2, 0) is 4.79 Å². The Morgan fingerprint density at radius 2 is 2.50 bits per heavy atom. The Labute approximate surface area is 71.3 Å². The maximum Gasteiger partial charge on any atom is 0.183 e. The maximum atomic E-state index is 9.33. The van der Waals surface area contributed by atoms with E-state index in [1.54, 1.807) is 0 Å². The molecule has 12 heavy (non-hydrogen) atoms. The lowest BCUT2D eigenvalue weighted by Gasteiger charge is -1.92. The molecule has 0 bridgehead atoms. The van der Waals surface area contributed by atoms with Crippen LogP contribution in [-0.4, -0.2) is 44.2 Å². The first-order chi connectivity index (χ1) is 5.66. The fourth-order valence-electron chi connectivity index (χ4n) is 0.617. The second-order valence-electron chi connectivity index (χ2n) is 2.48. The van der Waals surface area contributed by atoms with Gasteiger partial charge >= 0.3 is 0 Å². The fourth-order valence-corrected chi connectivity index (χ4v) is 0.617. The lowest BCUT2D eigenvalue weighted by molar-refractivity contribution is -0.766. The van der Waals surface area contributed by atoms with Crippen molar-refractivity contribution in [3.63, 3.8) is 0 Å². The summed E-state index contributed by atoms with van der Waals surface area (Å²) >= 11 is 0. The van der Waals surface area contributed by atoms with E-state index in [1.807, 2.05) is 6.34 Å². The number of carbonyl (C=O) groups is 1. The normalized spacial score (nSPS) is 20.0. The molecule has 0 aromatic heterocycles. The van der Waals surface area contributed by atoms with Gasteiger partial charge in [-0.25, -0.2) is 4.99 Å². The molecular weight excluding hydrogens is 160 g/mol. The predicted octanol–water partition coefficient (Wildman–Crippen LogP) is -3.34. The van der Waals surface area contributed by atoms with Crippen molar-refractivity contribution < 1.29 is 19.9 Å². The number of hydrogen-bond donors (Lipinski definition) is 2. The number of carboxylic acids is 1. The summed E-state index contributed by atoms with van der Waals surface area (Å²) in [6.45, 7) is 1.87. The van der Waals surface area contributed by atoms with Gasteiger partial charge in [-0.1, -0.05) is 0 Å². The van der Waals surface area contributed by atoms with Crippen molar-refractivity contribution >= 4 is 12.3 Å². The topological polar surface area (TPSA) is 77.2 Å². The summed E-state index contributed by atoms with van der Waals surface area (Å²) in [6.07, 6.45) is 1.68. The molecule has 0 aliphatic carbocycles. The molecule has 0 radical (unpaired) electrons. The highest BCUT2D eigenvalue weighted by molar-refractivity contribution is 5.64. The Morgan fingerprint density at radius 1 is 1.83 bits per heavy atom. The van der Waals surface area contributed by atoms with Crippen molar-refractivity contribution in [1.82, 2.24) is 0 Å². The molecule has 1 aliphatic heterocycles. The summed E-state index contributed by atoms with van der Waals surface area (Å²) in [7, 11) is 2.11. The van der Waals surface area contributed by atoms with Crippen LogP contribution in [0.25, 0.3) is 0 Å². The van der Waals surface area contributed by atoms with Gasteiger partial charge in [0, 0.05) is 19.0 Å². The highest BCUT2D eigenvalue weighted by atomic mass is 16.4. The summed E-state index contributed by atoms with van der Waals surface area (Å²) in [5, 5.41) is 17.1. The van der Waals surface area contributed by atoms with Gasteiger partial charge in [-0.3, -0.25) is 4.90 Å². The number of aliphatic hydroxyl groups excluding tert-OH is 1. The Hall–Kier alpha value is -0.940. The largest absolute Gasteiger partial charge is 0.550 e. The quantitative estimate of drug-likeness (QED) is 0.459. The number of aliphatic imine (C=N–C) groups is 1. The average Bonchev–Trinajstić information content (AvgIpc) is 2.40. The number of aliphatic hydroxyl groups is 1. The number of nitrogens with zero attached hydrogens (tertiary/aromatic N) is 1. The minimum Gasteiger partial charge on any atom is -0.550 e. The van der Waals surface area contributed by atoms with E-state index in [0.717, 1.165) is 6.54 Å². The van der Waals surface area contributed by atoms with Crippen LogP contribution in [0.2, 0.25) is 0 Å². The summed E-state index contributed by atoms with van der Waals surface area (Å²) in [5.74, 6) is -1.21. The minimum absolute atomic E-state index is 0.264. The van der Waals surface area contributed by atoms with Crippen LogP contribution >= 0.6 is 0 Å². The Balaban J connectivity index is 0.000000202. The maximum absolute atomic E-state index is 9.33. The van der Waals surface area contributed by atoms with Crippen molar-refractivity contribution in [3.05, 3.63) is 0 Å². The molecule has 0 saturated carbocycles. The number of aliphatic carboxylic acids is 1. The van der Waals surface area contributed by atoms with E-state index >= 15 is 0 Å². The molecule has 5 nitrogen and oxygen atoms in total. The van der Waals surface area contributed by atoms with Gasteiger partial charge in [0.1, 0.15) is 6.54 Å². The SMILES string of the molecule is C[NH+]1C=NCC1.O=C([O-])CCO. The van der Waals surface area contributed by atoms with Crippen molar-refractivity contribution in [2.75, 3.05) is 26.7 Å². The lowest BCUT2D eigenvalue weighted by Crippen LogP contribution is -3.06. The zero-order valence-electron chi connectivity index (χ0n) is 7.12. The van der Waals surface area contributed by atoms with E-state index in [1.165, 1.54) is 11.4 Å². The first-order valence-corrected chi connectivity index (χ1v) is 3.79. The molecule has 1 heterocycles. The second kappa shape index (κ2) is 6.75. The third-order valence-corrected chi connectivity index (χ3v) is 1.26. The zero-order chi connectivity index (χ0) is 9.40. The van der Waals surface area contributed by atoms with Gasteiger partial charge in [0.25, 0.3) is 0 Å². The molecule has 0 saturated heterocycles. The van der Waals surface area contributed by atoms with Crippen LogP contribution in [0.15, 0.2) is 4.99 Å². The van der Waals surface area contributed by atoms with Crippen LogP contribution in [0.5, 0.6) is 0 Å². The van der Waals surface area contributed by atoms with E-state index < -0.39 is 5.97 Å². The summed E-state index contributed by atoms with van der Waals surface area (Å²) < 4.78 is 0. The van der Waals surface area contributed by atoms with Crippen molar-refractivity contribution in [1.29, 1.82) is 0 Å². The van der Waals surface area contributed by atoms with Crippen molar-refractivity contribution in [2.24, 2.45) is 4.99 Å². The van der Waals surface area contributed by atoms with Gasteiger partial charge in [0.15, 0.2) is 6.34 Å². The standard InChI is InChI=1S/C4H8N2.C3H6O3/c1-6-3-2-5-4-6;4-2-1-3(5)6/h4H,2-3H2,1H3;4H,1-2H2,(H,5,6). The van der Waals surface area contributed by atoms with E-state index in [0.29, 0.717) is 0 Å². The molecule has 0 amide bonds. The average molecular weight is 174 g/mol. The molecule has 0 aromatic rings. The van der Waals surface area contributed by atoms with Crippen LogP contribution in [0.3, 0.4) is 0 Å². The summed E-state index contributed by atoms with van der Waals surface area (Å²) in [6, 6.07) is 0. The summed E-state index contributed by atoms with van der Waals surface area (Å²) in [4.78, 5) is 14.7. The molecule has 0 spiro atoms. The lowest BCUT2D eigenvalue weighted by atomic mass is 10.5. The predicted molar refractivity (Wildman–Crippen MR) is 41.8 cm³/mol. The minimum atomic E-state index is -1.21. The number of nitrogens with one attached hydrogen (secondary N) is 1. The Morgan fingerprint density at radius 3 is 2.58 bits per heavy atom. The number of quaternary nitrogens is 1. The fraction of sp³-hybridized carbons (Fsp3) is 0.714. The molecule has 1 rings (SSSR count). The third kappa shape index (κ3) is 7.17. The molecule has 1 unspecified atom stereocenters. The van der Waals surface area contributed by atoms with Gasteiger partial charge < -0.3 is 15.0 Å². The monoisotopic (exact) mass is 174 g/mol. The van der Waals surface area contributed by atoms with Gasteiger partial charge in [-0.05, 0) is 0 Å². The molecule has 1 aliphatic rings. The summed E-state index contributed by atoms with van der Waals surface area (Å²) in [5.41, 5.74) is 0. The van der Waals surface area contributed by atoms with Crippen LogP contribution in [0.4, 0.5) is 0 Å². The smallest absolute Gasteiger partial charge is 0.183 e. The highest BCUT2D eigenvalue weighted by Crippen LogP contribution is 1.65. The molecule has 1 atom stereocenters. The first-order valence-electron chi connectivity index (χ1n) is 3.79. The molecular formula is C7H14N2O3. The van der Waals surface area contributed by atoms with Gasteiger partial charge in [-0.2, -0.15) is 0 Å². The van der Waals surface area contributed by atoms with Crippen molar-refractivity contribution in [2.45, 2.75) is 6.42 Å². The zero-order valence-corrected chi connectivity index (χ0v) is 7.12. The third-order valence-electron chi connectivity index (χ3n) is 1.26. The first kappa shape index (κ1) is 11.1. The van der Waals surface area contributed by atoms with Gasteiger partial charge in [-0.15, -0.1) is 0 Å². The number of likely N-dealkylation sites (N-methyl/N-ethyl adjacent to an activating group) is 1. The Kier molecular flexibility index (Phi) is 6.22. The highest BCUT2D eigenvalue weighted by Gasteiger charge is 2.00. The number of rotatable bonds is 2. The van der Waals surface area contributed by atoms with E-state index in [2.05, 4.69) is 12.0 Å². The van der Waals surface area contributed by atoms with Gasteiger partial charge in [0.05, 0.1) is 13.6 Å². The van der Waals surface area contributed by atoms with E-state index in [-0.39, 0.29) is 13.0 Å². The molecule has 0 aromatic carbocycles. The van der Waals surface area contributed by atoms with Crippen LogP contribution in [0.1, 0.15) is 6.42 Å². The molecule has 0 fully saturated rings. The van der Waals surface area contributed by atoms with Crippen LogP contribution in [0, 0.1) is 0 Å². The van der Waals surface area contributed by atoms with E-state index in [9.17, 15) is 9.90 Å². The molecule has 5 heteroatoms. The van der Waals surface area contributed by atoms with E-state index in [4.69, 9.17) is 5.11 Å². The van der Waals surface area contributed by atoms with Gasteiger partial charge in [0.2, 0.25) is 0 Å². The molecule has 70 valence electrons. The number of carboxylic acid groups (broad SMARTS) is 1. The number of hydrogen-bond acceptors (Lipinski definition) is 4.